The molecule has 2 rings (SSSR count). The quantitative estimate of drug-likeness (QED) is 0.913. The Hall–Kier alpha value is -2.07. The van der Waals surface area contributed by atoms with Crippen molar-refractivity contribution in [2.45, 2.75) is 13.8 Å². The molecule has 0 fully saturated rings. The summed E-state index contributed by atoms with van der Waals surface area (Å²) in [5.41, 5.74) is 1.71. The van der Waals surface area contributed by atoms with E-state index in [4.69, 9.17) is 11.6 Å². The molecule has 110 valence electrons. The van der Waals surface area contributed by atoms with Gasteiger partial charge in [-0.05, 0) is 50.2 Å². The van der Waals surface area contributed by atoms with Gasteiger partial charge in [0.1, 0.15) is 5.82 Å². The van der Waals surface area contributed by atoms with Crippen LogP contribution in [0.3, 0.4) is 0 Å². The standard InChI is InChI=1S/C16H18ClN3O/c1-3-20(4-2)14-8-5-12(6-9-14)16(21)19-15-10-7-13(17)11-18-15/h5-11H,3-4H2,1-2H3,(H,18,19,21). The topological polar surface area (TPSA) is 45.2 Å². The molecule has 1 heterocycles. The average Bonchev–Trinajstić information content (AvgIpc) is 2.51. The lowest BCUT2D eigenvalue weighted by atomic mass is 10.2. The second-order valence-electron chi connectivity index (χ2n) is 4.53. The fourth-order valence-electron chi connectivity index (χ4n) is 2.05. The van der Waals surface area contributed by atoms with Crippen molar-refractivity contribution < 1.29 is 4.79 Å². The van der Waals surface area contributed by atoms with Gasteiger partial charge in [-0.2, -0.15) is 0 Å². The van der Waals surface area contributed by atoms with Gasteiger partial charge < -0.3 is 10.2 Å². The summed E-state index contributed by atoms with van der Waals surface area (Å²) in [6.07, 6.45) is 1.50. The van der Waals surface area contributed by atoms with E-state index < -0.39 is 0 Å². The number of rotatable bonds is 5. The Morgan fingerprint density at radius 3 is 2.33 bits per heavy atom. The lowest BCUT2D eigenvalue weighted by Gasteiger charge is -2.21. The van der Waals surface area contributed by atoms with E-state index in [1.807, 2.05) is 24.3 Å². The third-order valence-corrected chi connectivity index (χ3v) is 3.45. The van der Waals surface area contributed by atoms with Crippen LogP contribution in [0.15, 0.2) is 42.6 Å². The highest BCUT2D eigenvalue weighted by atomic mass is 35.5. The number of nitrogens with one attached hydrogen (secondary N) is 1. The summed E-state index contributed by atoms with van der Waals surface area (Å²) in [7, 11) is 0. The van der Waals surface area contributed by atoms with Gasteiger partial charge in [0.05, 0.1) is 5.02 Å². The molecule has 0 radical (unpaired) electrons. The number of aromatic nitrogens is 1. The lowest BCUT2D eigenvalue weighted by Crippen LogP contribution is -2.21. The Morgan fingerprint density at radius 1 is 1.14 bits per heavy atom. The molecular formula is C16H18ClN3O. The molecule has 0 bridgehead atoms. The summed E-state index contributed by atoms with van der Waals surface area (Å²) >= 11 is 5.76. The average molecular weight is 304 g/mol. The smallest absolute Gasteiger partial charge is 0.256 e. The van der Waals surface area contributed by atoms with Crippen molar-refractivity contribution in [1.82, 2.24) is 4.98 Å². The zero-order valence-electron chi connectivity index (χ0n) is 12.1. The number of carbonyl (C=O) groups excluding carboxylic acids is 1. The number of anilines is 2. The molecule has 1 aromatic carbocycles. The van der Waals surface area contributed by atoms with Crippen molar-refractivity contribution in [1.29, 1.82) is 0 Å². The molecule has 1 N–H and O–H groups in total. The number of hydrogen-bond donors (Lipinski definition) is 1. The van der Waals surface area contributed by atoms with E-state index in [9.17, 15) is 4.79 Å². The minimum Gasteiger partial charge on any atom is -0.372 e. The van der Waals surface area contributed by atoms with Crippen LogP contribution >= 0.6 is 11.6 Å². The number of nitrogens with zero attached hydrogens (tertiary/aromatic N) is 2. The van der Waals surface area contributed by atoms with Crippen LogP contribution in [0, 0.1) is 0 Å². The number of carbonyl (C=O) groups is 1. The maximum atomic E-state index is 12.1. The lowest BCUT2D eigenvalue weighted by molar-refractivity contribution is 0.102. The molecule has 0 saturated heterocycles. The molecule has 2 aromatic rings. The molecule has 0 unspecified atom stereocenters. The zero-order valence-corrected chi connectivity index (χ0v) is 12.9. The minimum absolute atomic E-state index is 0.184. The first kappa shape index (κ1) is 15.3. The number of halogens is 1. The van der Waals surface area contributed by atoms with Crippen LogP contribution in [-0.2, 0) is 0 Å². The van der Waals surface area contributed by atoms with Crippen LogP contribution in [0.25, 0.3) is 0 Å². The predicted molar refractivity (Wildman–Crippen MR) is 87.2 cm³/mol. The number of benzene rings is 1. The Morgan fingerprint density at radius 2 is 1.81 bits per heavy atom. The van der Waals surface area contributed by atoms with Crippen molar-refractivity contribution in [2.24, 2.45) is 0 Å². The van der Waals surface area contributed by atoms with Gasteiger partial charge >= 0.3 is 0 Å². The highest BCUT2D eigenvalue weighted by molar-refractivity contribution is 6.30. The molecule has 21 heavy (non-hydrogen) atoms. The van der Waals surface area contributed by atoms with E-state index in [0.29, 0.717) is 16.4 Å². The largest absolute Gasteiger partial charge is 0.372 e. The molecule has 0 aliphatic carbocycles. The van der Waals surface area contributed by atoms with Crippen molar-refractivity contribution in [3.8, 4) is 0 Å². The van der Waals surface area contributed by atoms with Crippen LogP contribution in [0.2, 0.25) is 5.02 Å². The normalized spacial score (nSPS) is 10.2. The fourth-order valence-corrected chi connectivity index (χ4v) is 2.16. The monoisotopic (exact) mass is 303 g/mol. The van der Waals surface area contributed by atoms with Gasteiger partial charge in [-0.25, -0.2) is 4.98 Å². The van der Waals surface area contributed by atoms with E-state index in [-0.39, 0.29) is 5.91 Å². The van der Waals surface area contributed by atoms with E-state index >= 15 is 0 Å². The first-order chi connectivity index (χ1) is 10.1. The van der Waals surface area contributed by atoms with E-state index in [1.165, 1.54) is 6.20 Å². The van der Waals surface area contributed by atoms with Crippen molar-refractivity contribution in [2.75, 3.05) is 23.3 Å². The van der Waals surface area contributed by atoms with Crippen LogP contribution in [0.4, 0.5) is 11.5 Å². The molecule has 0 aliphatic rings. The maximum absolute atomic E-state index is 12.1. The first-order valence-corrected chi connectivity index (χ1v) is 7.29. The molecule has 5 heteroatoms. The van der Waals surface area contributed by atoms with Crippen molar-refractivity contribution in [3.05, 3.63) is 53.2 Å². The second kappa shape index (κ2) is 7.09. The minimum atomic E-state index is -0.184. The highest BCUT2D eigenvalue weighted by Gasteiger charge is 2.08. The third-order valence-electron chi connectivity index (χ3n) is 3.23. The van der Waals surface area contributed by atoms with Crippen molar-refractivity contribution in [3.63, 3.8) is 0 Å². The Labute approximate surface area is 129 Å². The van der Waals surface area contributed by atoms with Gasteiger partial charge in [0, 0.05) is 30.5 Å². The van der Waals surface area contributed by atoms with Gasteiger partial charge in [-0.15, -0.1) is 0 Å². The number of hydrogen-bond acceptors (Lipinski definition) is 3. The van der Waals surface area contributed by atoms with E-state index in [2.05, 4.69) is 29.0 Å². The predicted octanol–water partition coefficient (Wildman–Crippen LogP) is 3.83. The summed E-state index contributed by atoms with van der Waals surface area (Å²) in [6.45, 7) is 6.10. The van der Waals surface area contributed by atoms with Crippen molar-refractivity contribution >= 4 is 29.0 Å². The van der Waals surface area contributed by atoms with Gasteiger partial charge in [0.25, 0.3) is 5.91 Å². The third kappa shape index (κ3) is 3.95. The molecule has 0 atom stereocenters. The summed E-state index contributed by atoms with van der Waals surface area (Å²) < 4.78 is 0. The molecular weight excluding hydrogens is 286 g/mol. The van der Waals surface area contributed by atoms with Crippen LogP contribution < -0.4 is 10.2 Å². The maximum Gasteiger partial charge on any atom is 0.256 e. The zero-order chi connectivity index (χ0) is 15.2. The second-order valence-corrected chi connectivity index (χ2v) is 4.97. The molecule has 0 saturated carbocycles. The van der Waals surface area contributed by atoms with Gasteiger partial charge in [0.2, 0.25) is 0 Å². The Balaban J connectivity index is 2.07. The number of amides is 1. The fraction of sp³-hybridized carbons (Fsp3) is 0.250. The van der Waals surface area contributed by atoms with E-state index in [0.717, 1.165) is 18.8 Å². The summed E-state index contributed by atoms with van der Waals surface area (Å²) in [5, 5.41) is 3.28. The molecule has 1 amide bonds. The highest BCUT2D eigenvalue weighted by Crippen LogP contribution is 2.16. The Bertz CT molecular complexity index is 592. The molecule has 4 nitrogen and oxygen atoms in total. The Kier molecular flexibility index (Phi) is 5.17. The van der Waals surface area contributed by atoms with Crippen LogP contribution in [0.5, 0.6) is 0 Å². The summed E-state index contributed by atoms with van der Waals surface area (Å²) in [4.78, 5) is 18.4. The van der Waals surface area contributed by atoms with Gasteiger partial charge in [-0.3, -0.25) is 4.79 Å². The summed E-state index contributed by atoms with van der Waals surface area (Å²) in [6, 6.07) is 10.9. The van der Waals surface area contributed by atoms with Crippen LogP contribution in [-0.4, -0.2) is 24.0 Å². The van der Waals surface area contributed by atoms with Crippen LogP contribution in [0.1, 0.15) is 24.2 Å². The van der Waals surface area contributed by atoms with Gasteiger partial charge in [0.15, 0.2) is 0 Å². The molecule has 1 aromatic heterocycles. The number of pyridine rings is 1. The SMILES string of the molecule is CCN(CC)c1ccc(C(=O)Nc2ccc(Cl)cn2)cc1. The van der Waals surface area contributed by atoms with Gasteiger partial charge in [-0.1, -0.05) is 11.6 Å². The molecule has 0 spiro atoms. The van der Waals surface area contributed by atoms with E-state index in [1.54, 1.807) is 12.1 Å². The molecule has 0 aliphatic heterocycles. The summed E-state index contributed by atoms with van der Waals surface area (Å²) in [5.74, 6) is 0.299. The first-order valence-electron chi connectivity index (χ1n) is 6.92.